The van der Waals surface area contributed by atoms with Crippen molar-refractivity contribution in [2.24, 2.45) is 0 Å². The summed E-state index contributed by atoms with van der Waals surface area (Å²) in [5, 5.41) is 8.94. The number of nitrogens with one attached hydrogen (secondary N) is 1. The van der Waals surface area contributed by atoms with Crippen LogP contribution in [0, 0.1) is 0 Å². The predicted molar refractivity (Wildman–Crippen MR) is 78.5 cm³/mol. The summed E-state index contributed by atoms with van der Waals surface area (Å²) in [6.45, 7) is 6.01. The summed E-state index contributed by atoms with van der Waals surface area (Å²) < 4.78 is 0. The second kappa shape index (κ2) is 4.89. The van der Waals surface area contributed by atoms with Gasteiger partial charge in [0, 0.05) is 34.5 Å². The van der Waals surface area contributed by atoms with Gasteiger partial charge in [0.05, 0.1) is 11.7 Å². The number of nitrogens with zero attached hydrogens (tertiary/aromatic N) is 2. The summed E-state index contributed by atoms with van der Waals surface area (Å²) in [5.74, 6) is 0.121. The number of thioether (sulfide) groups is 1. The third-order valence-electron chi connectivity index (χ3n) is 3.40. The van der Waals surface area contributed by atoms with Gasteiger partial charge in [0.15, 0.2) is 0 Å². The zero-order chi connectivity index (χ0) is 13.4. The number of aromatic nitrogens is 2. The largest absolute Gasteiger partial charge is 0.336 e. The normalized spacial score (nSPS) is 23.8. The molecule has 2 atom stereocenters. The smallest absolute Gasteiger partial charge is 0.254 e. The SMILES string of the molecule is CC1CN(C(=O)c2ccc3cn[nH]c3c2)CC(C)S1. The molecule has 0 saturated carbocycles. The first kappa shape index (κ1) is 12.5. The van der Waals surface area contributed by atoms with Crippen LogP contribution in [0.5, 0.6) is 0 Å². The third kappa shape index (κ3) is 2.47. The van der Waals surface area contributed by atoms with Crippen LogP contribution in [0.4, 0.5) is 0 Å². The average molecular weight is 275 g/mol. The van der Waals surface area contributed by atoms with E-state index in [4.69, 9.17) is 0 Å². The number of carbonyl (C=O) groups excluding carboxylic acids is 1. The van der Waals surface area contributed by atoms with Gasteiger partial charge in [-0.3, -0.25) is 9.89 Å². The van der Waals surface area contributed by atoms with Gasteiger partial charge in [-0.1, -0.05) is 19.9 Å². The number of rotatable bonds is 1. The maximum Gasteiger partial charge on any atom is 0.254 e. The van der Waals surface area contributed by atoms with Crippen LogP contribution >= 0.6 is 11.8 Å². The molecule has 5 heteroatoms. The first-order valence-corrected chi connectivity index (χ1v) is 7.45. The topological polar surface area (TPSA) is 49.0 Å². The number of carbonyl (C=O) groups is 1. The van der Waals surface area contributed by atoms with Crippen molar-refractivity contribution in [3.05, 3.63) is 30.0 Å². The number of hydrogen-bond donors (Lipinski definition) is 1. The van der Waals surface area contributed by atoms with Crippen molar-refractivity contribution in [3.63, 3.8) is 0 Å². The predicted octanol–water partition coefficient (Wildman–Crippen LogP) is 2.53. The first-order chi connectivity index (χ1) is 9.13. The Labute approximate surface area is 116 Å². The van der Waals surface area contributed by atoms with Crippen molar-refractivity contribution in [1.82, 2.24) is 15.1 Å². The Bertz CT molecular complexity index is 600. The summed E-state index contributed by atoms with van der Waals surface area (Å²) in [7, 11) is 0. The molecule has 0 bridgehead atoms. The molecule has 2 heterocycles. The van der Waals surface area contributed by atoms with E-state index in [1.54, 1.807) is 6.20 Å². The zero-order valence-electron chi connectivity index (χ0n) is 11.1. The number of hydrogen-bond acceptors (Lipinski definition) is 3. The Hall–Kier alpha value is -1.49. The molecule has 1 aromatic heterocycles. The van der Waals surface area contributed by atoms with Gasteiger partial charge in [0.2, 0.25) is 0 Å². The van der Waals surface area contributed by atoms with E-state index in [2.05, 4.69) is 24.0 Å². The van der Waals surface area contributed by atoms with E-state index >= 15 is 0 Å². The number of aromatic amines is 1. The molecule has 1 N–H and O–H groups in total. The number of benzene rings is 1. The summed E-state index contributed by atoms with van der Waals surface area (Å²) in [4.78, 5) is 14.5. The molecule has 100 valence electrons. The fraction of sp³-hybridized carbons (Fsp3) is 0.429. The van der Waals surface area contributed by atoms with E-state index in [1.165, 1.54) is 0 Å². The molecule has 1 aromatic carbocycles. The summed E-state index contributed by atoms with van der Waals surface area (Å²) in [6.07, 6.45) is 1.77. The van der Waals surface area contributed by atoms with Gasteiger partial charge in [-0.2, -0.15) is 16.9 Å². The van der Waals surface area contributed by atoms with E-state index in [0.29, 0.717) is 10.5 Å². The van der Waals surface area contributed by atoms with E-state index in [0.717, 1.165) is 29.6 Å². The highest BCUT2D eigenvalue weighted by molar-refractivity contribution is 8.00. The molecule has 1 fully saturated rings. The molecular weight excluding hydrogens is 258 g/mol. The molecular formula is C14H17N3OS. The maximum atomic E-state index is 12.5. The lowest BCUT2D eigenvalue weighted by molar-refractivity contribution is 0.0753. The molecule has 3 rings (SSSR count). The van der Waals surface area contributed by atoms with Crippen molar-refractivity contribution < 1.29 is 4.79 Å². The molecule has 2 unspecified atom stereocenters. The van der Waals surface area contributed by atoms with Crippen LogP contribution in [0.3, 0.4) is 0 Å². The highest BCUT2D eigenvalue weighted by Gasteiger charge is 2.26. The Morgan fingerprint density at radius 2 is 2.11 bits per heavy atom. The van der Waals surface area contributed by atoms with Crippen molar-refractivity contribution in [1.29, 1.82) is 0 Å². The molecule has 19 heavy (non-hydrogen) atoms. The van der Waals surface area contributed by atoms with Gasteiger partial charge in [-0.25, -0.2) is 0 Å². The second-order valence-electron chi connectivity index (χ2n) is 5.14. The summed E-state index contributed by atoms with van der Waals surface area (Å²) in [5.41, 5.74) is 1.65. The molecule has 1 amide bonds. The Morgan fingerprint density at radius 3 is 2.84 bits per heavy atom. The van der Waals surface area contributed by atoms with Crippen LogP contribution in [-0.4, -0.2) is 44.6 Å². The molecule has 4 nitrogen and oxygen atoms in total. The molecule has 1 aliphatic rings. The van der Waals surface area contributed by atoms with Crippen LogP contribution in [0.25, 0.3) is 10.9 Å². The number of H-pyrrole nitrogens is 1. The van der Waals surface area contributed by atoms with Crippen LogP contribution in [0.15, 0.2) is 24.4 Å². The minimum atomic E-state index is 0.121. The molecule has 0 radical (unpaired) electrons. The van der Waals surface area contributed by atoms with Crippen molar-refractivity contribution in [3.8, 4) is 0 Å². The van der Waals surface area contributed by atoms with E-state index < -0.39 is 0 Å². The average Bonchev–Trinajstić information content (AvgIpc) is 2.83. The van der Waals surface area contributed by atoms with Gasteiger partial charge >= 0.3 is 0 Å². The van der Waals surface area contributed by atoms with Crippen molar-refractivity contribution >= 4 is 28.6 Å². The van der Waals surface area contributed by atoms with Crippen molar-refractivity contribution in [2.45, 2.75) is 24.3 Å². The lowest BCUT2D eigenvalue weighted by Crippen LogP contribution is -2.44. The first-order valence-electron chi connectivity index (χ1n) is 6.51. The lowest BCUT2D eigenvalue weighted by atomic mass is 10.1. The van der Waals surface area contributed by atoms with Crippen LogP contribution in [0.1, 0.15) is 24.2 Å². The fourth-order valence-corrected chi connectivity index (χ4v) is 3.92. The van der Waals surface area contributed by atoms with Gasteiger partial charge < -0.3 is 4.90 Å². The Balaban J connectivity index is 1.86. The lowest BCUT2D eigenvalue weighted by Gasteiger charge is -2.34. The zero-order valence-corrected chi connectivity index (χ0v) is 11.9. The fourth-order valence-electron chi connectivity index (χ4n) is 2.60. The van der Waals surface area contributed by atoms with Crippen LogP contribution in [-0.2, 0) is 0 Å². The van der Waals surface area contributed by atoms with E-state index in [9.17, 15) is 4.79 Å². The molecule has 1 saturated heterocycles. The van der Waals surface area contributed by atoms with Crippen LogP contribution < -0.4 is 0 Å². The highest BCUT2D eigenvalue weighted by atomic mass is 32.2. The number of fused-ring (bicyclic) bond motifs is 1. The monoisotopic (exact) mass is 275 g/mol. The number of amides is 1. The maximum absolute atomic E-state index is 12.5. The minimum absolute atomic E-state index is 0.121. The summed E-state index contributed by atoms with van der Waals surface area (Å²) in [6, 6.07) is 5.72. The Kier molecular flexibility index (Phi) is 3.22. The van der Waals surface area contributed by atoms with Crippen molar-refractivity contribution in [2.75, 3.05) is 13.1 Å². The standard InChI is InChI=1S/C14H17N3OS/c1-9-7-17(8-10(2)19-9)14(18)11-3-4-12-6-15-16-13(12)5-11/h3-6,9-10H,7-8H2,1-2H3,(H,15,16). The molecule has 1 aliphatic heterocycles. The molecule has 0 spiro atoms. The van der Waals surface area contributed by atoms with Gasteiger partial charge in [0.1, 0.15) is 0 Å². The quantitative estimate of drug-likeness (QED) is 0.870. The van der Waals surface area contributed by atoms with Gasteiger partial charge in [-0.05, 0) is 12.1 Å². The van der Waals surface area contributed by atoms with Gasteiger partial charge in [-0.15, -0.1) is 0 Å². The highest BCUT2D eigenvalue weighted by Crippen LogP contribution is 2.26. The van der Waals surface area contributed by atoms with E-state index in [-0.39, 0.29) is 5.91 Å². The Morgan fingerprint density at radius 1 is 1.37 bits per heavy atom. The van der Waals surface area contributed by atoms with Crippen LogP contribution in [0.2, 0.25) is 0 Å². The third-order valence-corrected chi connectivity index (χ3v) is 4.62. The minimum Gasteiger partial charge on any atom is -0.336 e. The second-order valence-corrected chi connectivity index (χ2v) is 7.02. The van der Waals surface area contributed by atoms with E-state index in [1.807, 2.05) is 34.9 Å². The van der Waals surface area contributed by atoms with Gasteiger partial charge in [0.25, 0.3) is 5.91 Å². The summed E-state index contributed by atoms with van der Waals surface area (Å²) >= 11 is 1.95. The molecule has 0 aliphatic carbocycles. The molecule has 2 aromatic rings.